The fourth-order valence-electron chi connectivity index (χ4n) is 1.11. The Kier molecular flexibility index (Phi) is 9.21. The van der Waals surface area contributed by atoms with Gasteiger partial charge in [0, 0.05) is 13.5 Å². The molecule has 0 radical (unpaired) electrons. The van der Waals surface area contributed by atoms with Crippen LogP contribution in [0.1, 0.15) is 19.4 Å². The summed E-state index contributed by atoms with van der Waals surface area (Å²) < 4.78 is 4.40. The Labute approximate surface area is 107 Å². The van der Waals surface area contributed by atoms with Crippen molar-refractivity contribution in [2.45, 2.75) is 20.4 Å². The third kappa shape index (κ3) is 10.6. The molecular weight excluding hydrogens is 234 g/mol. The highest BCUT2D eigenvalue weighted by Gasteiger charge is 1.94. The maximum absolute atomic E-state index is 10.1. The predicted molar refractivity (Wildman–Crippen MR) is 68.1 cm³/mol. The van der Waals surface area contributed by atoms with Crippen LogP contribution in [0.3, 0.4) is 0 Å². The summed E-state index contributed by atoms with van der Waals surface area (Å²) in [6, 6.07) is 9.69. The van der Waals surface area contributed by atoms with Crippen LogP contribution in [0.5, 0.6) is 0 Å². The van der Waals surface area contributed by atoms with Gasteiger partial charge in [-0.25, -0.2) is 0 Å². The van der Waals surface area contributed by atoms with Gasteiger partial charge in [0.05, 0.1) is 13.2 Å². The van der Waals surface area contributed by atoms with Crippen molar-refractivity contribution in [1.29, 1.82) is 0 Å². The van der Waals surface area contributed by atoms with Gasteiger partial charge in [0.25, 0.3) is 0 Å². The number of hydrogen-bond acceptors (Lipinski definition) is 4. The van der Waals surface area contributed by atoms with Crippen molar-refractivity contribution in [3.8, 4) is 0 Å². The summed E-state index contributed by atoms with van der Waals surface area (Å²) >= 11 is 0. The second kappa shape index (κ2) is 10.3. The van der Waals surface area contributed by atoms with Gasteiger partial charge in [0.15, 0.2) is 0 Å². The minimum absolute atomic E-state index is 0.00882. The third-order valence-corrected chi connectivity index (χ3v) is 1.80. The van der Waals surface area contributed by atoms with E-state index in [4.69, 9.17) is 5.11 Å². The highest BCUT2D eigenvalue weighted by Crippen LogP contribution is 1.96. The van der Waals surface area contributed by atoms with Crippen molar-refractivity contribution in [2.24, 2.45) is 0 Å². The van der Waals surface area contributed by atoms with Gasteiger partial charge in [-0.05, 0) is 12.5 Å². The smallest absolute Gasteiger partial charge is 0.317 e. The summed E-state index contributed by atoms with van der Waals surface area (Å²) in [7, 11) is 0. The largest absolute Gasteiger partial charge is 0.480 e. The predicted octanol–water partition coefficient (Wildman–Crippen LogP) is 1.43. The number of carbonyl (C=O) groups excluding carboxylic acids is 1. The molecule has 1 aromatic rings. The number of aliphatic carboxylic acids is 1. The van der Waals surface area contributed by atoms with Crippen LogP contribution in [-0.4, -0.2) is 30.2 Å². The average Bonchev–Trinajstić information content (AvgIpc) is 2.30. The van der Waals surface area contributed by atoms with E-state index in [-0.39, 0.29) is 12.5 Å². The van der Waals surface area contributed by atoms with Gasteiger partial charge in [0.1, 0.15) is 0 Å². The van der Waals surface area contributed by atoms with Crippen LogP contribution in [0, 0.1) is 0 Å². The molecule has 0 amide bonds. The molecule has 0 spiro atoms. The van der Waals surface area contributed by atoms with E-state index in [1.54, 1.807) is 6.92 Å². The Hall–Kier alpha value is -1.88. The lowest BCUT2D eigenvalue weighted by atomic mass is 10.2. The maximum atomic E-state index is 10.1. The first-order valence-corrected chi connectivity index (χ1v) is 5.66. The molecule has 1 rings (SSSR count). The lowest BCUT2D eigenvalue weighted by molar-refractivity contribution is -0.140. The van der Waals surface area contributed by atoms with E-state index in [2.05, 4.69) is 10.1 Å². The third-order valence-electron chi connectivity index (χ3n) is 1.80. The first-order valence-electron chi connectivity index (χ1n) is 5.66. The molecule has 0 bridgehead atoms. The molecule has 0 aliphatic heterocycles. The molecule has 100 valence electrons. The molecule has 5 nitrogen and oxygen atoms in total. The Morgan fingerprint density at radius 2 is 1.89 bits per heavy atom. The number of rotatable bonds is 5. The molecule has 0 saturated carbocycles. The van der Waals surface area contributed by atoms with Gasteiger partial charge in [-0.1, -0.05) is 30.3 Å². The van der Waals surface area contributed by atoms with E-state index < -0.39 is 5.97 Å². The van der Waals surface area contributed by atoms with Crippen molar-refractivity contribution in [1.82, 2.24) is 5.32 Å². The molecule has 0 saturated heterocycles. The highest BCUT2D eigenvalue weighted by atomic mass is 16.5. The molecular formula is C13H19NO4. The van der Waals surface area contributed by atoms with Gasteiger partial charge in [0.2, 0.25) is 0 Å². The van der Waals surface area contributed by atoms with Gasteiger partial charge < -0.3 is 15.2 Å². The highest BCUT2D eigenvalue weighted by molar-refractivity contribution is 5.69. The molecule has 0 aromatic heterocycles. The Morgan fingerprint density at radius 1 is 1.28 bits per heavy atom. The van der Waals surface area contributed by atoms with Crippen LogP contribution in [0.4, 0.5) is 0 Å². The number of carboxylic acid groups (broad SMARTS) is 1. The zero-order valence-corrected chi connectivity index (χ0v) is 10.7. The monoisotopic (exact) mass is 253 g/mol. The van der Waals surface area contributed by atoms with Crippen LogP contribution in [-0.2, 0) is 20.9 Å². The lowest BCUT2D eigenvalue weighted by Crippen LogP contribution is -2.21. The molecule has 1 aromatic carbocycles. The second-order valence-corrected chi connectivity index (χ2v) is 3.41. The zero-order valence-electron chi connectivity index (χ0n) is 10.7. The van der Waals surface area contributed by atoms with E-state index >= 15 is 0 Å². The van der Waals surface area contributed by atoms with Gasteiger partial charge in [-0.15, -0.1) is 0 Å². The molecule has 0 atom stereocenters. The van der Waals surface area contributed by atoms with Crippen molar-refractivity contribution in [2.75, 3.05) is 13.2 Å². The maximum Gasteiger partial charge on any atom is 0.317 e. The van der Waals surface area contributed by atoms with E-state index in [9.17, 15) is 9.59 Å². The van der Waals surface area contributed by atoms with Gasteiger partial charge in [-0.3, -0.25) is 9.59 Å². The summed E-state index contributed by atoms with van der Waals surface area (Å²) in [6.45, 7) is 4.27. The normalized spacial score (nSPS) is 9.00. The second-order valence-electron chi connectivity index (χ2n) is 3.41. The van der Waals surface area contributed by atoms with Gasteiger partial charge >= 0.3 is 11.9 Å². The number of hydrogen-bond donors (Lipinski definition) is 2. The van der Waals surface area contributed by atoms with E-state index in [1.807, 2.05) is 30.3 Å². The molecule has 5 heteroatoms. The number of nitrogens with one attached hydrogen (secondary N) is 1. The standard InChI is InChI=1S/C9H11NO2.C4H8O2/c11-9(12)7-10-6-8-4-2-1-3-5-8;1-3-6-4(2)5/h1-5,10H,6-7H2,(H,11,12);3H2,1-2H3. The summed E-state index contributed by atoms with van der Waals surface area (Å²) in [5.41, 5.74) is 1.10. The molecule has 0 fully saturated rings. The number of carboxylic acids is 1. The molecule has 0 aliphatic rings. The van der Waals surface area contributed by atoms with Crippen LogP contribution in [0.25, 0.3) is 0 Å². The number of benzene rings is 1. The van der Waals surface area contributed by atoms with Crippen molar-refractivity contribution >= 4 is 11.9 Å². The lowest BCUT2D eigenvalue weighted by Gasteiger charge is -2.00. The summed E-state index contributed by atoms with van der Waals surface area (Å²) in [4.78, 5) is 19.9. The zero-order chi connectivity index (χ0) is 13.8. The van der Waals surface area contributed by atoms with Crippen LogP contribution in [0.2, 0.25) is 0 Å². The van der Waals surface area contributed by atoms with Crippen molar-refractivity contribution in [3.05, 3.63) is 35.9 Å². The first kappa shape index (κ1) is 16.1. The van der Waals surface area contributed by atoms with E-state index in [0.29, 0.717) is 13.2 Å². The summed E-state index contributed by atoms with van der Waals surface area (Å²) in [5.74, 6) is -1.04. The number of carbonyl (C=O) groups is 2. The molecule has 0 heterocycles. The minimum atomic E-state index is -0.828. The minimum Gasteiger partial charge on any atom is -0.480 e. The molecule has 2 N–H and O–H groups in total. The van der Waals surface area contributed by atoms with E-state index in [1.165, 1.54) is 6.92 Å². The number of ether oxygens (including phenoxy) is 1. The van der Waals surface area contributed by atoms with Crippen molar-refractivity contribution in [3.63, 3.8) is 0 Å². The SMILES string of the molecule is CCOC(C)=O.O=C(O)CNCc1ccccc1. The Bertz CT molecular complexity index is 351. The quantitative estimate of drug-likeness (QED) is 0.776. The first-order chi connectivity index (χ1) is 8.56. The number of esters is 1. The molecule has 0 unspecified atom stereocenters. The fourth-order valence-corrected chi connectivity index (χ4v) is 1.11. The summed E-state index contributed by atoms with van der Waals surface area (Å²) in [6.07, 6.45) is 0. The molecule has 0 aliphatic carbocycles. The average molecular weight is 253 g/mol. The topological polar surface area (TPSA) is 75.6 Å². The Balaban J connectivity index is 0.000000411. The van der Waals surface area contributed by atoms with Crippen LogP contribution >= 0.6 is 0 Å². The molecule has 18 heavy (non-hydrogen) atoms. The Morgan fingerprint density at radius 3 is 2.28 bits per heavy atom. The fraction of sp³-hybridized carbons (Fsp3) is 0.385. The van der Waals surface area contributed by atoms with Crippen LogP contribution in [0.15, 0.2) is 30.3 Å². The van der Waals surface area contributed by atoms with Crippen molar-refractivity contribution < 1.29 is 19.4 Å². The van der Waals surface area contributed by atoms with Crippen LogP contribution < -0.4 is 5.32 Å². The summed E-state index contributed by atoms with van der Waals surface area (Å²) in [5, 5.41) is 11.1. The van der Waals surface area contributed by atoms with Gasteiger partial charge in [-0.2, -0.15) is 0 Å². The van der Waals surface area contributed by atoms with E-state index in [0.717, 1.165) is 5.56 Å².